The molecule has 1 aromatic heterocycles. The molecule has 1 amide bonds. The van der Waals surface area contributed by atoms with Crippen molar-refractivity contribution in [2.24, 2.45) is 0 Å². The topological polar surface area (TPSA) is 67.0 Å². The van der Waals surface area contributed by atoms with Crippen molar-refractivity contribution in [3.8, 4) is 5.75 Å². The highest BCUT2D eigenvalue weighted by atomic mass is 16.5. The Morgan fingerprint density at radius 3 is 2.69 bits per heavy atom. The van der Waals surface area contributed by atoms with Crippen molar-refractivity contribution in [3.05, 3.63) is 95.3 Å². The van der Waals surface area contributed by atoms with Crippen molar-refractivity contribution < 1.29 is 9.53 Å². The third kappa shape index (κ3) is 4.14. The molecule has 0 aliphatic heterocycles. The van der Waals surface area contributed by atoms with Gasteiger partial charge < -0.3 is 15.0 Å². The summed E-state index contributed by atoms with van der Waals surface area (Å²) in [6, 6.07) is 21.4. The molecule has 1 heterocycles. The van der Waals surface area contributed by atoms with Crippen molar-refractivity contribution in [3.63, 3.8) is 0 Å². The highest BCUT2D eigenvalue weighted by Gasteiger charge is 2.18. The average Bonchev–Trinajstić information content (AvgIpc) is 3.21. The summed E-state index contributed by atoms with van der Waals surface area (Å²) in [6.07, 6.45) is 1.67. The predicted octanol–water partition coefficient (Wildman–Crippen LogP) is 4.46. The van der Waals surface area contributed by atoms with Crippen LogP contribution in [0.2, 0.25) is 0 Å². The van der Waals surface area contributed by atoms with E-state index in [1.54, 1.807) is 6.33 Å². The molecule has 1 atom stereocenters. The van der Waals surface area contributed by atoms with E-state index in [1.165, 1.54) is 0 Å². The first-order chi connectivity index (χ1) is 14.1. The lowest BCUT2D eigenvalue weighted by Gasteiger charge is -2.20. The highest BCUT2D eigenvalue weighted by molar-refractivity contribution is 5.79. The second kappa shape index (κ2) is 8.19. The summed E-state index contributed by atoms with van der Waals surface area (Å²) in [5, 5.41) is 3.11. The number of aromatic amines is 1. The number of aryl methyl sites for hydroxylation is 1. The zero-order valence-electron chi connectivity index (χ0n) is 16.5. The fourth-order valence-electron chi connectivity index (χ4n) is 3.36. The molecular weight excluding hydrogens is 362 g/mol. The van der Waals surface area contributed by atoms with E-state index in [1.807, 2.05) is 80.6 Å². The zero-order chi connectivity index (χ0) is 20.2. The van der Waals surface area contributed by atoms with Gasteiger partial charge in [0.15, 0.2) is 6.61 Å². The molecule has 0 saturated heterocycles. The van der Waals surface area contributed by atoms with Gasteiger partial charge in [0.2, 0.25) is 0 Å². The molecule has 0 fully saturated rings. The second-order valence-corrected chi connectivity index (χ2v) is 7.08. The number of hydrogen-bond donors (Lipinski definition) is 2. The number of imidazole rings is 1. The van der Waals surface area contributed by atoms with Gasteiger partial charge in [-0.15, -0.1) is 0 Å². The molecule has 3 aromatic carbocycles. The molecule has 0 spiro atoms. The van der Waals surface area contributed by atoms with Crippen molar-refractivity contribution >= 4 is 16.9 Å². The van der Waals surface area contributed by atoms with Crippen LogP contribution < -0.4 is 10.1 Å². The molecule has 0 aliphatic rings. The van der Waals surface area contributed by atoms with E-state index in [4.69, 9.17) is 4.74 Å². The van der Waals surface area contributed by atoms with E-state index in [0.717, 1.165) is 39.0 Å². The summed E-state index contributed by atoms with van der Waals surface area (Å²) >= 11 is 0. The number of aromatic nitrogens is 2. The molecule has 0 aliphatic carbocycles. The van der Waals surface area contributed by atoms with Gasteiger partial charge in [-0.05, 0) is 54.3 Å². The van der Waals surface area contributed by atoms with Gasteiger partial charge in [-0.25, -0.2) is 4.98 Å². The summed E-state index contributed by atoms with van der Waals surface area (Å²) in [5.41, 5.74) is 6.00. The molecule has 146 valence electrons. The van der Waals surface area contributed by atoms with Gasteiger partial charge in [-0.3, -0.25) is 4.79 Å². The van der Waals surface area contributed by atoms with Gasteiger partial charge in [0.1, 0.15) is 5.75 Å². The minimum Gasteiger partial charge on any atom is -0.483 e. The minimum absolute atomic E-state index is 0.0417. The molecule has 0 radical (unpaired) electrons. The molecule has 4 rings (SSSR count). The zero-order valence-corrected chi connectivity index (χ0v) is 16.5. The molecule has 5 nitrogen and oxygen atoms in total. The van der Waals surface area contributed by atoms with E-state index >= 15 is 0 Å². The second-order valence-electron chi connectivity index (χ2n) is 7.08. The molecule has 0 saturated carbocycles. The van der Waals surface area contributed by atoms with E-state index < -0.39 is 0 Å². The van der Waals surface area contributed by atoms with Crippen LogP contribution in [0.5, 0.6) is 5.75 Å². The number of benzene rings is 3. The summed E-state index contributed by atoms with van der Waals surface area (Å²) in [7, 11) is 0. The monoisotopic (exact) mass is 385 g/mol. The van der Waals surface area contributed by atoms with Crippen LogP contribution in [0.4, 0.5) is 0 Å². The number of carbonyl (C=O) groups excluding carboxylic acids is 1. The minimum atomic E-state index is -0.279. The van der Waals surface area contributed by atoms with Crippen molar-refractivity contribution in [2.75, 3.05) is 6.61 Å². The summed E-state index contributed by atoms with van der Waals surface area (Å²) in [5.74, 6) is 0.555. The number of carbonyl (C=O) groups is 1. The van der Waals surface area contributed by atoms with Gasteiger partial charge >= 0.3 is 0 Å². The number of fused-ring (bicyclic) bond motifs is 1. The lowest BCUT2D eigenvalue weighted by Crippen LogP contribution is -2.33. The van der Waals surface area contributed by atoms with Gasteiger partial charge in [0, 0.05) is 0 Å². The van der Waals surface area contributed by atoms with Crippen LogP contribution in [-0.2, 0) is 4.79 Å². The molecule has 4 aromatic rings. The molecule has 0 bridgehead atoms. The van der Waals surface area contributed by atoms with Crippen LogP contribution in [0.1, 0.15) is 28.3 Å². The Morgan fingerprint density at radius 1 is 1.03 bits per heavy atom. The Hall–Kier alpha value is -3.60. The molecule has 5 heteroatoms. The van der Waals surface area contributed by atoms with Crippen molar-refractivity contribution in [1.29, 1.82) is 0 Å². The number of hydrogen-bond acceptors (Lipinski definition) is 3. The molecule has 29 heavy (non-hydrogen) atoms. The van der Waals surface area contributed by atoms with Crippen molar-refractivity contribution in [2.45, 2.75) is 19.9 Å². The predicted molar refractivity (Wildman–Crippen MR) is 114 cm³/mol. The number of rotatable bonds is 6. The fraction of sp³-hybridized carbons (Fsp3) is 0.167. The van der Waals surface area contributed by atoms with Crippen LogP contribution in [-0.4, -0.2) is 22.5 Å². The van der Waals surface area contributed by atoms with E-state index in [-0.39, 0.29) is 18.6 Å². The number of nitrogens with zero attached hydrogens (tertiary/aromatic N) is 1. The molecule has 0 unspecified atom stereocenters. The third-order valence-corrected chi connectivity index (χ3v) is 5.13. The Bertz CT molecular complexity index is 1140. The Kier molecular flexibility index (Phi) is 5.29. The third-order valence-electron chi connectivity index (χ3n) is 5.13. The SMILES string of the molecule is Cc1cccc(OCC(=O)N[C@@H](c2ccccc2)c2ccc3nc[nH]c3c2)c1C. The Balaban J connectivity index is 1.55. The number of amides is 1. The van der Waals surface area contributed by atoms with Crippen LogP contribution in [0.15, 0.2) is 73.1 Å². The first kappa shape index (κ1) is 18.7. The maximum atomic E-state index is 12.7. The number of ether oxygens (including phenoxy) is 1. The van der Waals surface area contributed by atoms with Crippen LogP contribution in [0.3, 0.4) is 0 Å². The summed E-state index contributed by atoms with van der Waals surface area (Å²) in [4.78, 5) is 20.1. The smallest absolute Gasteiger partial charge is 0.258 e. The Morgan fingerprint density at radius 2 is 1.86 bits per heavy atom. The van der Waals surface area contributed by atoms with Crippen LogP contribution in [0.25, 0.3) is 11.0 Å². The lowest BCUT2D eigenvalue weighted by atomic mass is 9.98. The van der Waals surface area contributed by atoms with Gasteiger partial charge in [0.05, 0.1) is 23.4 Å². The maximum Gasteiger partial charge on any atom is 0.258 e. The average molecular weight is 385 g/mol. The van der Waals surface area contributed by atoms with E-state index in [0.29, 0.717) is 0 Å². The number of H-pyrrole nitrogens is 1. The molecular formula is C24H23N3O2. The Labute approximate surface area is 169 Å². The quantitative estimate of drug-likeness (QED) is 0.515. The highest BCUT2D eigenvalue weighted by Crippen LogP contribution is 2.25. The molecule has 2 N–H and O–H groups in total. The van der Waals surface area contributed by atoms with Crippen molar-refractivity contribution in [1.82, 2.24) is 15.3 Å². The first-order valence-electron chi connectivity index (χ1n) is 9.58. The number of nitrogens with one attached hydrogen (secondary N) is 2. The van der Waals surface area contributed by atoms with Crippen LogP contribution >= 0.6 is 0 Å². The summed E-state index contributed by atoms with van der Waals surface area (Å²) in [6.45, 7) is 3.98. The fourth-order valence-corrected chi connectivity index (χ4v) is 3.36. The van der Waals surface area contributed by atoms with Crippen LogP contribution in [0, 0.1) is 13.8 Å². The normalized spacial score (nSPS) is 11.9. The van der Waals surface area contributed by atoms with E-state index in [9.17, 15) is 4.79 Å². The standard InChI is InChI=1S/C24H23N3O2/c1-16-7-6-10-22(17(16)2)29-14-23(28)27-24(18-8-4-3-5-9-18)19-11-12-20-21(13-19)26-15-25-20/h3-13,15,24H,14H2,1-2H3,(H,25,26)(H,27,28)/t24-/m0/s1. The largest absolute Gasteiger partial charge is 0.483 e. The van der Waals surface area contributed by atoms with E-state index in [2.05, 4.69) is 15.3 Å². The summed E-state index contributed by atoms with van der Waals surface area (Å²) < 4.78 is 5.78. The van der Waals surface area contributed by atoms with Gasteiger partial charge in [-0.1, -0.05) is 48.5 Å². The maximum absolute atomic E-state index is 12.7. The first-order valence-corrected chi connectivity index (χ1v) is 9.58. The van der Waals surface area contributed by atoms with Gasteiger partial charge in [0.25, 0.3) is 5.91 Å². The lowest BCUT2D eigenvalue weighted by molar-refractivity contribution is -0.123. The van der Waals surface area contributed by atoms with Gasteiger partial charge in [-0.2, -0.15) is 0 Å².